The van der Waals surface area contributed by atoms with Gasteiger partial charge in [0.25, 0.3) is 0 Å². The molecule has 3 nitrogen and oxygen atoms in total. The molecule has 0 amide bonds. The maximum Gasteiger partial charge on any atom is 0.216 e. The maximum absolute atomic E-state index is 6.32. The van der Waals surface area contributed by atoms with Crippen molar-refractivity contribution < 1.29 is 13.3 Å². The Morgan fingerprint density at radius 2 is 1.20 bits per heavy atom. The first-order valence-electron chi connectivity index (χ1n) is 11.2. The lowest BCUT2D eigenvalue weighted by molar-refractivity contribution is -0.100. The summed E-state index contributed by atoms with van der Waals surface area (Å²) < 4.78 is 17.4. The molecule has 0 aliphatic rings. The van der Waals surface area contributed by atoms with E-state index in [9.17, 15) is 0 Å². The van der Waals surface area contributed by atoms with Crippen molar-refractivity contribution in [2.45, 2.75) is 52.4 Å². The smallest absolute Gasteiger partial charge is 0.216 e. The van der Waals surface area contributed by atoms with Crippen LogP contribution in [0.15, 0.2) is 48.5 Å². The second kappa shape index (κ2) is 12.2. The van der Waals surface area contributed by atoms with Gasteiger partial charge >= 0.3 is 0 Å². The normalized spacial score (nSPS) is 15.1. The zero-order valence-corrected chi connectivity index (χ0v) is 28.5. The molecular formula is C20H40O3Si7. The van der Waals surface area contributed by atoms with Crippen LogP contribution in [0.25, 0.3) is 0 Å². The van der Waals surface area contributed by atoms with Gasteiger partial charge in [0.2, 0.25) is 9.04 Å². The Morgan fingerprint density at radius 3 is 1.67 bits per heavy atom. The lowest BCUT2D eigenvalue weighted by atomic mass is 10.3. The van der Waals surface area contributed by atoms with Crippen molar-refractivity contribution in [1.82, 2.24) is 0 Å². The summed E-state index contributed by atoms with van der Waals surface area (Å²) in [6.45, 7) is 18.8. The molecule has 0 saturated heterocycles. The van der Waals surface area contributed by atoms with Gasteiger partial charge in [0.15, 0.2) is 18.3 Å². The molecule has 2 aromatic rings. The van der Waals surface area contributed by atoms with Crippen LogP contribution >= 0.6 is 0 Å². The van der Waals surface area contributed by atoms with E-state index in [1.54, 1.807) is 0 Å². The van der Waals surface area contributed by atoms with Crippen molar-refractivity contribution in [2.24, 2.45) is 0 Å². The third kappa shape index (κ3) is 7.76. The second-order valence-electron chi connectivity index (χ2n) is 9.57. The molecule has 30 heavy (non-hydrogen) atoms. The Bertz CT molecular complexity index is 767. The van der Waals surface area contributed by atoms with Gasteiger partial charge in [0.1, 0.15) is 17.4 Å². The minimum atomic E-state index is -1.68. The van der Waals surface area contributed by atoms with Crippen LogP contribution in [0.3, 0.4) is 0 Å². The number of hydrogen-bond acceptors (Lipinski definition) is 3. The molecule has 0 spiro atoms. The van der Waals surface area contributed by atoms with Crippen LogP contribution in [0.4, 0.5) is 0 Å². The highest BCUT2D eigenvalue weighted by molar-refractivity contribution is 7.16. The van der Waals surface area contributed by atoms with Crippen LogP contribution in [-0.2, 0) is 13.3 Å². The zero-order chi connectivity index (χ0) is 22.3. The van der Waals surface area contributed by atoms with Crippen LogP contribution in [0.5, 0.6) is 0 Å². The molecule has 0 radical (unpaired) electrons. The van der Waals surface area contributed by atoms with E-state index in [-0.39, 0.29) is 9.28 Å². The maximum atomic E-state index is 6.32. The molecule has 10 heteroatoms. The standard InChI is InChI=1S/C20H40O3Si7/c1-26(2)22-21-24-29(6)18-11-15-20(16-12-18)30(7,8)19-13-9-17(10-14-19)28(5)23-25-27(3)4/h9-16,26-29H,24-25H2,1-8H3. The van der Waals surface area contributed by atoms with Crippen LogP contribution in [0.1, 0.15) is 0 Å². The van der Waals surface area contributed by atoms with Crippen LogP contribution in [0.2, 0.25) is 52.4 Å². The third-order valence-electron chi connectivity index (χ3n) is 5.56. The molecule has 0 saturated carbocycles. The van der Waals surface area contributed by atoms with Gasteiger partial charge in [0.05, 0.1) is 8.31 Å². The van der Waals surface area contributed by atoms with Gasteiger partial charge in [-0.1, -0.05) is 96.8 Å². The monoisotopic (exact) mass is 524 g/mol. The van der Waals surface area contributed by atoms with Crippen LogP contribution < -0.4 is 20.7 Å². The Morgan fingerprint density at radius 1 is 0.700 bits per heavy atom. The van der Waals surface area contributed by atoms with Crippen molar-refractivity contribution in [3.05, 3.63) is 48.5 Å². The molecule has 166 valence electrons. The van der Waals surface area contributed by atoms with Crippen molar-refractivity contribution in [2.75, 3.05) is 0 Å². The van der Waals surface area contributed by atoms with Gasteiger partial charge < -0.3 is 13.3 Å². The second-order valence-corrected chi connectivity index (χ2v) is 36.3. The first-order chi connectivity index (χ1) is 14.1. The van der Waals surface area contributed by atoms with E-state index in [2.05, 4.69) is 101 Å². The van der Waals surface area contributed by atoms with E-state index in [0.717, 1.165) is 0 Å². The Hall–Kier alpha value is -0.162. The summed E-state index contributed by atoms with van der Waals surface area (Å²) in [6.07, 6.45) is 0. The first kappa shape index (κ1) is 26.1. The molecule has 2 rings (SSSR count). The van der Waals surface area contributed by atoms with Gasteiger partial charge in [-0.15, -0.1) is 0 Å². The molecular weight excluding hydrogens is 485 g/mol. The minimum Gasteiger partial charge on any atom is -0.462 e. The summed E-state index contributed by atoms with van der Waals surface area (Å²) >= 11 is 0. The quantitative estimate of drug-likeness (QED) is 0.230. The van der Waals surface area contributed by atoms with E-state index < -0.39 is 52.1 Å². The SMILES string of the molecule is C[SiH](C)OO[SiH2][SiH](C)c1ccc([Si](C)(C)c2ccc([SiH](C)O[SiH2][SiH](C)C)cc2)cc1. The lowest BCUT2D eigenvalue weighted by Crippen LogP contribution is -2.53. The summed E-state index contributed by atoms with van der Waals surface area (Å²) in [5.74, 6) is 0. The van der Waals surface area contributed by atoms with E-state index in [0.29, 0.717) is 0 Å². The summed E-state index contributed by atoms with van der Waals surface area (Å²) in [4.78, 5) is 0. The molecule has 2 atom stereocenters. The molecule has 0 aromatic heterocycles. The fourth-order valence-corrected chi connectivity index (χ4v) is 21.3. The summed E-state index contributed by atoms with van der Waals surface area (Å²) in [5, 5.41) is 5.98. The Balaban J connectivity index is 2.05. The minimum absolute atomic E-state index is 0.244. The summed E-state index contributed by atoms with van der Waals surface area (Å²) in [7, 11) is -6.23. The van der Waals surface area contributed by atoms with Crippen LogP contribution in [-0.4, -0.2) is 61.3 Å². The highest BCUT2D eigenvalue weighted by atomic mass is 29.2. The largest absolute Gasteiger partial charge is 0.462 e. The van der Waals surface area contributed by atoms with Crippen molar-refractivity contribution >= 4 is 82.1 Å². The Labute approximate surface area is 195 Å². The fourth-order valence-electron chi connectivity index (χ4n) is 3.37. The zero-order valence-electron chi connectivity index (χ0n) is 20.1. The van der Waals surface area contributed by atoms with E-state index in [1.165, 1.54) is 20.7 Å². The predicted octanol–water partition coefficient (Wildman–Crippen LogP) is -0.270. The summed E-state index contributed by atoms with van der Waals surface area (Å²) in [6, 6.07) is 18.9. The van der Waals surface area contributed by atoms with Crippen molar-refractivity contribution in [3.63, 3.8) is 0 Å². The van der Waals surface area contributed by atoms with Crippen molar-refractivity contribution in [1.29, 1.82) is 0 Å². The van der Waals surface area contributed by atoms with Gasteiger partial charge in [-0.3, -0.25) is 0 Å². The highest BCUT2D eigenvalue weighted by Gasteiger charge is 2.26. The molecule has 0 bridgehead atoms. The molecule has 0 N–H and O–H groups in total. The average molecular weight is 525 g/mol. The Kier molecular flexibility index (Phi) is 10.6. The lowest BCUT2D eigenvalue weighted by Gasteiger charge is -2.25. The van der Waals surface area contributed by atoms with E-state index in [1.807, 2.05) is 0 Å². The fraction of sp³-hybridized carbons (Fsp3) is 0.400. The molecule has 2 aromatic carbocycles. The van der Waals surface area contributed by atoms with Gasteiger partial charge in [-0.25, -0.2) is 0 Å². The average Bonchev–Trinajstić information content (AvgIpc) is 2.71. The van der Waals surface area contributed by atoms with Gasteiger partial charge in [-0.05, 0) is 24.8 Å². The number of benzene rings is 2. The molecule has 0 aliphatic carbocycles. The van der Waals surface area contributed by atoms with Gasteiger partial charge in [-0.2, -0.15) is 0 Å². The molecule has 2 unspecified atom stereocenters. The van der Waals surface area contributed by atoms with E-state index >= 15 is 0 Å². The number of hydrogen-bond donors (Lipinski definition) is 0. The van der Waals surface area contributed by atoms with Gasteiger partial charge in [0, 0.05) is 8.31 Å². The molecule has 0 fully saturated rings. The molecule has 0 aliphatic heterocycles. The van der Waals surface area contributed by atoms with Crippen molar-refractivity contribution in [3.8, 4) is 0 Å². The summed E-state index contributed by atoms with van der Waals surface area (Å²) in [5.41, 5.74) is 0. The van der Waals surface area contributed by atoms with E-state index in [4.69, 9.17) is 13.3 Å². The highest BCUT2D eigenvalue weighted by Crippen LogP contribution is 2.05. The third-order valence-corrected chi connectivity index (χ3v) is 24.0. The predicted molar refractivity (Wildman–Crippen MR) is 153 cm³/mol. The molecule has 0 heterocycles. The first-order valence-corrected chi connectivity index (χ1v) is 30.9. The van der Waals surface area contributed by atoms with Crippen LogP contribution in [0, 0.1) is 0 Å². The number of rotatable bonds is 11. The topological polar surface area (TPSA) is 27.7 Å².